The van der Waals surface area contributed by atoms with E-state index < -0.39 is 0 Å². The van der Waals surface area contributed by atoms with Crippen molar-refractivity contribution in [3.63, 3.8) is 0 Å². The molecule has 4 nitrogen and oxygen atoms in total. The monoisotopic (exact) mass is 293 g/mol. The fourth-order valence-electron chi connectivity index (χ4n) is 3.51. The van der Waals surface area contributed by atoms with Gasteiger partial charge in [-0.1, -0.05) is 12.1 Å². The number of halogens is 1. The van der Waals surface area contributed by atoms with Gasteiger partial charge < -0.3 is 15.4 Å². The van der Waals surface area contributed by atoms with Crippen LogP contribution in [0.4, 0.5) is 10.1 Å². The second-order valence-electron chi connectivity index (χ2n) is 6.01. The Morgan fingerprint density at radius 2 is 1.95 bits per heavy atom. The van der Waals surface area contributed by atoms with Crippen molar-refractivity contribution in [2.75, 3.05) is 50.8 Å². The van der Waals surface area contributed by atoms with Gasteiger partial charge in [-0.25, -0.2) is 4.39 Å². The largest absolute Gasteiger partial charge is 0.379 e. The highest BCUT2D eigenvalue weighted by atomic mass is 19.1. The summed E-state index contributed by atoms with van der Waals surface area (Å²) in [6.07, 6.45) is 2.17. The Labute approximate surface area is 125 Å². The summed E-state index contributed by atoms with van der Waals surface area (Å²) in [4.78, 5) is 4.57. The van der Waals surface area contributed by atoms with Gasteiger partial charge in [-0.15, -0.1) is 0 Å². The van der Waals surface area contributed by atoms with Crippen LogP contribution in [0.3, 0.4) is 0 Å². The Morgan fingerprint density at radius 1 is 1.19 bits per heavy atom. The highest BCUT2D eigenvalue weighted by molar-refractivity contribution is 5.48. The maximum Gasteiger partial charge on any atom is 0.146 e. The standard InChI is InChI=1S/C16H24FN3O/c17-14-4-1-2-5-15(14)19-7-9-20(10-8-19)16(12-18)6-3-11-21-13-16/h1-2,4-5H,3,6-13,18H2. The molecule has 0 saturated carbocycles. The van der Waals surface area contributed by atoms with Crippen LogP contribution < -0.4 is 10.6 Å². The zero-order chi connectivity index (χ0) is 14.7. The van der Waals surface area contributed by atoms with Crippen LogP contribution in [-0.2, 0) is 4.74 Å². The van der Waals surface area contributed by atoms with E-state index in [1.807, 2.05) is 12.1 Å². The number of anilines is 1. The minimum atomic E-state index is -0.138. The molecule has 3 rings (SSSR count). The summed E-state index contributed by atoms with van der Waals surface area (Å²) in [6.45, 7) is 5.70. The number of piperazine rings is 1. The van der Waals surface area contributed by atoms with Crippen molar-refractivity contribution in [1.29, 1.82) is 0 Å². The summed E-state index contributed by atoms with van der Waals surface area (Å²) in [6, 6.07) is 7.00. The van der Waals surface area contributed by atoms with Crippen LogP contribution in [0.15, 0.2) is 24.3 Å². The predicted molar refractivity (Wildman–Crippen MR) is 82.0 cm³/mol. The number of nitrogens with two attached hydrogens (primary N) is 1. The van der Waals surface area contributed by atoms with Crippen molar-refractivity contribution in [1.82, 2.24) is 4.90 Å². The topological polar surface area (TPSA) is 41.7 Å². The number of rotatable bonds is 3. The van der Waals surface area contributed by atoms with E-state index in [4.69, 9.17) is 10.5 Å². The summed E-state index contributed by atoms with van der Waals surface area (Å²) in [5.74, 6) is -0.138. The second-order valence-corrected chi connectivity index (χ2v) is 6.01. The summed E-state index contributed by atoms with van der Waals surface area (Å²) >= 11 is 0. The van der Waals surface area contributed by atoms with Crippen molar-refractivity contribution in [3.8, 4) is 0 Å². The van der Waals surface area contributed by atoms with E-state index in [-0.39, 0.29) is 11.4 Å². The van der Waals surface area contributed by atoms with E-state index in [0.29, 0.717) is 12.2 Å². The summed E-state index contributed by atoms with van der Waals surface area (Å²) in [5, 5.41) is 0. The lowest BCUT2D eigenvalue weighted by molar-refractivity contribution is -0.0468. The first-order valence-corrected chi connectivity index (χ1v) is 7.77. The molecule has 0 aliphatic carbocycles. The normalized spacial score (nSPS) is 27.8. The van der Waals surface area contributed by atoms with Crippen molar-refractivity contribution in [2.45, 2.75) is 18.4 Å². The molecule has 1 atom stereocenters. The molecule has 2 N–H and O–H groups in total. The van der Waals surface area contributed by atoms with E-state index in [2.05, 4.69) is 9.80 Å². The summed E-state index contributed by atoms with van der Waals surface area (Å²) in [7, 11) is 0. The smallest absolute Gasteiger partial charge is 0.146 e. The quantitative estimate of drug-likeness (QED) is 0.916. The predicted octanol–water partition coefficient (Wildman–Crippen LogP) is 1.46. The molecular formula is C16H24FN3O. The van der Waals surface area contributed by atoms with Gasteiger partial charge in [0.2, 0.25) is 0 Å². The molecule has 5 heteroatoms. The number of para-hydroxylation sites is 1. The number of hydrogen-bond donors (Lipinski definition) is 1. The lowest BCUT2D eigenvalue weighted by Crippen LogP contribution is -2.63. The van der Waals surface area contributed by atoms with Gasteiger partial charge in [0.25, 0.3) is 0 Å². The van der Waals surface area contributed by atoms with Gasteiger partial charge >= 0.3 is 0 Å². The molecule has 116 valence electrons. The molecule has 1 unspecified atom stereocenters. The molecule has 0 spiro atoms. The van der Waals surface area contributed by atoms with Crippen LogP contribution in [0.25, 0.3) is 0 Å². The highest BCUT2D eigenvalue weighted by Crippen LogP contribution is 2.28. The van der Waals surface area contributed by atoms with Crippen LogP contribution in [0.2, 0.25) is 0 Å². The Bertz CT molecular complexity index is 468. The highest BCUT2D eigenvalue weighted by Gasteiger charge is 2.39. The van der Waals surface area contributed by atoms with Crippen molar-refractivity contribution >= 4 is 5.69 Å². The minimum absolute atomic E-state index is 0.0143. The van der Waals surface area contributed by atoms with Crippen LogP contribution in [0.1, 0.15) is 12.8 Å². The van der Waals surface area contributed by atoms with Crippen molar-refractivity contribution < 1.29 is 9.13 Å². The van der Waals surface area contributed by atoms with Crippen LogP contribution in [0.5, 0.6) is 0 Å². The average molecular weight is 293 g/mol. The number of benzene rings is 1. The average Bonchev–Trinajstić information content (AvgIpc) is 2.56. The van der Waals surface area contributed by atoms with Crippen molar-refractivity contribution in [2.24, 2.45) is 5.73 Å². The summed E-state index contributed by atoms with van der Waals surface area (Å²) < 4.78 is 19.5. The molecule has 0 radical (unpaired) electrons. The molecule has 21 heavy (non-hydrogen) atoms. The van der Waals surface area contributed by atoms with Crippen LogP contribution in [-0.4, -0.2) is 56.4 Å². The first-order chi connectivity index (χ1) is 10.2. The van der Waals surface area contributed by atoms with E-state index >= 15 is 0 Å². The molecular weight excluding hydrogens is 269 g/mol. The lowest BCUT2D eigenvalue weighted by Gasteiger charge is -2.49. The minimum Gasteiger partial charge on any atom is -0.379 e. The first-order valence-electron chi connectivity index (χ1n) is 7.77. The molecule has 1 aromatic carbocycles. The second kappa shape index (κ2) is 6.30. The third kappa shape index (κ3) is 2.91. The number of ether oxygens (including phenoxy) is 1. The van der Waals surface area contributed by atoms with Crippen LogP contribution in [0, 0.1) is 5.82 Å². The van der Waals surface area contributed by atoms with E-state index in [1.54, 1.807) is 6.07 Å². The van der Waals surface area contributed by atoms with E-state index in [1.165, 1.54) is 6.07 Å². The van der Waals surface area contributed by atoms with Crippen LogP contribution >= 0.6 is 0 Å². The molecule has 2 aliphatic heterocycles. The van der Waals surface area contributed by atoms with Crippen molar-refractivity contribution in [3.05, 3.63) is 30.1 Å². The van der Waals surface area contributed by atoms with Gasteiger partial charge in [-0.05, 0) is 25.0 Å². The molecule has 2 aliphatic rings. The van der Waals surface area contributed by atoms with Gasteiger partial charge in [-0.3, -0.25) is 4.90 Å². The Hall–Kier alpha value is -1.17. The van der Waals surface area contributed by atoms with Gasteiger partial charge in [0.1, 0.15) is 5.82 Å². The maximum absolute atomic E-state index is 13.9. The molecule has 1 aromatic rings. The first kappa shape index (κ1) is 14.8. The lowest BCUT2D eigenvalue weighted by atomic mass is 9.89. The van der Waals surface area contributed by atoms with Gasteiger partial charge in [-0.2, -0.15) is 0 Å². The SMILES string of the molecule is NCC1(N2CCN(c3ccccc3F)CC2)CCCOC1. The fourth-order valence-corrected chi connectivity index (χ4v) is 3.51. The zero-order valence-corrected chi connectivity index (χ0v) is 12.4. The molecule has 2 heterocycles. The fraction of sp³-hybridized carbons (Fsp3) is 0.625. The molecule has 2 saturated heterocycles. The molecule has 0 bridgehead atoms. The maximum atomic E-state index is 13.9. The Morgan fingerprint density at radius 3 is 2.57 bits per heavy atom. The van der Waals surface area contributed by atoms with E-state index in [0.717, 1.165) is 52.2 Å². The van der Waals surface area contributed by atoms with Gasteiger partial charge in [0.05, 0.1) is 17.8 Å². The molecule has 2 fully saturated rings. The van der Waals surface area contributed by atoms with Gasteiger partial charge in [0.15, 0.2) is 0 Å². The third-order valence-corrected chi connectivity index (χ3v) is 4.83. The Kier molecular flexibility index (Phi) is 4.42. The Balaban J connectivity index is 1.66. The summed E-state index contributed by atoms with van der Waals surface area (Å²) in [5.41, 5.74) is 6.74. The zero-order valence-electron chi connectivity index (χ0n) is 12.4. The molecule has 0 aromatic heterocycles. The molecule has 0 amide bonds. The number of hydrogen-bond acceptors (Lipinski definition) is 4. The van der Waals surface area contributed by atoms with Gasteiger partial charge in [0, 0.05) is 39.3 Å². The van der Waals surface area contributed by atoms with E-state index in [9.17, 15) is 4.39 Å². The number of nitrogens with zero attached hydrogens (tertiary/aromatic N) is 2. The third-order valence-electron chi connectivity index (χ3n) is 4.83.